The second kappa shape index (κ2) is 9.45. The van der Waals surface area contributed by atoms with Crippen LogP contribution in [0, 0.1) is 5.82 Å². The van der Waals surface area contributed by atoms with E-state index >= 15 is 0 Å². The monoisotopic (exact) mass is 393 g/mol. The molecule has 0 aliphatic carbocycles. The summed E-state index contributed by atoms with van der Waals surface area (Å²) in [7, 11) is 1.31. The van der Waals surface area contributed by atoms with Gasteiger partial charge in [0.2, 0.25) is 0 Å². The van der Waals surface area contributed by atoms with E-state index in [1.807, 2.05) is 0 Å². The third-order valence-electron chi connectivity index (χ3n) is 4.22. The highest BCUT2D eigenvalue weighted by atomic mass is 19.1. The highest BCUT2D eigenvalue weighted by Gasteiger charge is 2.09. The molecule has 1 amide bonds. The Morgan fingerprint density at radius 3 is 2.28 bits per heavy atom. The molecule has 0 unspecified atom stereocenters. The van der Waals surface area contributed by atoms with Gasteiger partial charge in [-0.25, -0.2) is 14.2 Å². The molecule has 0 saturated heterocycles. The zero-order valence-electron chi connectivity index (χ0n) is 15.8. The van der Waals surface area contributed by atoms with E-state index in [0.717, 1.165) is 12.0 Å². The van der Waals surface area contributed by atoms with Crippen molar-refractivity contribution in [1.29, 1.82) is 0 Å². The lowest BCUT2D eigenvalue weighted by molar-refractivity contribution is 0.0600. The summed E-state index contributed by atoms with van der Waals surface area (Å²) < 4.78 is 17.5. The Bertz CT molecular complexity index is 972. The van der Waals surface area contributed by atoms with Gasteiger partial charge in [0.05, 0.1) is 18.2 Å². The van der Waals surface area contributed by atoms with Crippen LogP contribution in [-0.2, 0) is 11.2 Å². The number of pyridine rings is 1. The van der Waals surface area contributed by atoms with Crippen LogP contribution in [0.25, 0.3) is 0 Å². The van der Waals surface area contributed by atoms with Gasteiger partial charge in [0, 0.05) is 18.4 Å². The number of hydrogen-bond acceptors (Lipinski definition) is 5. The van der Waals surface area contributed by atoms with Crippen LogP contribution in [0.2, 0.25) is 0 Å². The van der Waals surface area contributed by atoms with Gasteiger partial charge in [-0.3, -0.25) is 4.79 Å². The summed E-state index contributed by atoms with van der Waals surface area (Å²) in [5.41, 5.74) is 2.40. The molecule has 0 atom stereocenters. The van der Waals surface area contributed by atoms with Gasteiger partial charge in [-0.05, 0) is 60.5 Å². The number of halogens is 1. The smallest absolute Gasteiger partial charge is 0.337 e. The van der Waals surface area contributed by atoms with Crippen molar-refractivity contribution in [3.05, 3.63) is 89.4 Å². The van der Waals surface area contributed by atoms with Crippen LogP contribution in [0.5, 0.6) is 0 Å². The van der Waals surface area contributed by atoms with Crippen molar-refractivity contribution in [1.82, 2.24) is 4.98 Å². The maximum Gasteiger partial charge on any atom is 0.337 e. The van der Waals surface area contributed by atoms with Gasteiger partial charge in [0.25, 0.3) is 5.91 Å². The Kier molecular flexibility index (Phi) is 6.52. The molecule has 2 N–H and O–H groups in total. The number of anilines is 2. The molecule has 0 aliphatic rings. The molecule has 3 rings (SSSR count). The van der Waals surface area contributed by atoms with Crippen LogP contribution in [0.3, 0.4) is 0 Å². The van der Waals surface area contributed by atoms with Crippen LogP contribution in [0.4, 0.5) is 15.9 Å². The first kappa shape index (κ1) is 20.0. The molecular weight excluding hydrogens is 373 g/mol. The van der Waals surface area contributed by atoms with Crippen molar-refractivity contribution in [3.8, 4) is 0 Å². The summed E-state index contributed by atoms with van der Waals surface area (Å²) in [5, 5.41) is 5.91. The number of aromatic nitrogens is 1. The summed E-state index contributed by atoms with van der Waals surface area (Å²) in [6, 6.07) is 16.2. The first-order chi connectivity index (χ1) is 14.0. The standard InChI is InChI=1S/C22H20FN3O3/c1-29-22(28)16-4-9-19(10-5-16)26-21(27)17-6-11-20(25-14-17)24-13-12-15-2-7-18(23)8-3-15/h2-11,14H,12-13H2,1H3,(H,24,25)(H,26,27). The van der Waals surface area contributed by atoms with Gasteiger partial charge in [0.1, 0.15) is 11.6 Å². The van der Waals surface area contributed by atoms with E-state index in [9.17, 15) is 14.0 Å². The number of benzene rings is 2. The highest BCUT2D eigenvalue weighted by molar-refractivity contribution is 6.04. The van der Waals surface area contributed by atoms with Gasteiger partial charge in [-0.1, -0.05) is 12.1 Å². The van der Waals surface area contributed by atoms with Crippen molar-refractivity contribution in [2.75, 3.05) is 24.3 Å². The molecule has 0 fully saturated rings. The molecule has 6 nitrogen and oxygen atoms in total. The predicted molar refractivity (Wildman–Crippen MR) is 109 cm³/mol. The Balaban J connectivity index is 1.51. The molecule has 0 aliphatic heterocycles. The van der Waals surface area contributed by atoms with Crippen molar-refractivity contribution in [2.24, 2.45) is 0 Å². The quantitative estimate of drug-likeness (QED) is 0.595. The zero-order chi connectivity index (χ0) is 20.6. The molecule has 0 saturated carbocycles. The summed E-state index contributed by atoms with van der Waals surface area (Å²) in [6.07, 6.45) is 2.21. The van der Waals surface area contributed by atoms with Crippen LogP contribution < -0.4 is 10.6 Å². The second-order valence-electron chi connectivity index (χ2n) is 6.26. The van der Waals surface area contributed by atoms with Crippen molar-refractivity contribution in [2.45, 2.75) is 6.42 Å². The zero-order valence-corrected chi connectivity index (χ0v) is 15.8. The van der Waals surface area contributed by atoms with Crippen LogP contribution in [0.1, 0.15) is 26.3 Å². The molecule has 0 spiro atoms. The predicted octanol–water partition coefficient (Wildman–Crippen LogP) is 3.91. The number of hydrogen-bond donors (Lipinski definition) is 2. The SMILES string of the molecule is COC(=O)c1ccc(NC(=O)c2ccc(NCCc3ccc(F)cc3)nc2)cc1. The number of methoxy groups -OCH3 is 1. The van der Waals surface area contributed by atoms with E-state index in [1.165, 1.54) is 25.4 Å². The molecule has 2 aromatic carbocycles. The molecule has 148 valence electrons. The lowest BCUT2D eigenvalue weighted by atomic mass is 10.1. The molecule has 1 aromatic heterocycles. The van der Waals surface area contributed by atoms with Gasteiger partial charge < -0.3 is 15.4 Å². The van der Waals surface area contributed by atoms with E-state index < -0.39 is 5.97 Å². The number of esters is 1. The van der Waals surface area contributed by atoms with Crippen LogP contribution in [-0.4, -0.2) is 30.5 Å². The average molecular weight is 393 g/mol. The van der Waals surface area contributed by atoms with Crippen LogP contribution in [0.15, 0.2) is 66.9 Å². The summed E-state index contributed by atoms with van der Waals surface area (Å²) >= 11 is 0. The third kappa shape index (κ3) is 5.62. The van der Waals surface area contributed by atoms with Gasteiger partial charge in [0.15, 0.2) is 0 Å². The highest BCUT2D eigenvalue weighted by Crippen LogP contribution is 2.13. The first-order valence-electron chi connectivity index (χ1n) is 8.99. The summed E-state index contributed by atoms with van der Waals surface area (Å²) in [4.78, 5) is 28.0. The van der Waals surface area contributed by atoms with E-state index in [1.54, 1.807) is 48.5 Å². The second-order valence-corrected chi connectivity index (χ2v) is 6.26. The van der Waals surface area contributed by atoms with Gasteiger partial charge in [-0.2, -0.15) is 0 Å². The Labute approximate surface area is 167 Å². The van der Waals surface area contributed by atoms with E-state index in [4.69, 9.17) is 0 Å². The Morgan fingerprint density at radius 1 is 0.966 bits per heavy atom. The molecule has 3 aromatic rings. The fourth-order valence-corrected chi connectivity index (χ4v) is 2.63. The fourth-order valence-electron chi connectivity index (χ4n) is 2.63. The number of nitrogens with zero attached hydrogens (tertiary/aromatic N) is 1. The molecule has 29 heavy (non-hydrogen) atoms. The lowest BCUT2D eigenvalue weighted by Gasteiger charge is -2.08. The maximum absolute atomic E-state index is 12.9. The topological polar surface area (TPSA) is 80.3 Å². The maximum atomic E-state index is 12.9. The van der Waals surface area contributed by atoms with Crippen molar-refractivity contribution < 1.29 is 18.7 Å². The largest absolute Gasteiger partial charge is 0.465 e. The lowest BCUT2D eigenvalue weighted by Crippen LogP contribution is -2.13. The number of carbonyl (C=O) groups excluding carboxylic acids is 2. The molecule has 7 heteroatoms. The summed E-state index contributed by atoms with van der Waals surface area (Å²) in [5.74, 6) is -0.349. The minimum Gasteiger partial charge on any atom is -0.465 e. The van der Waals surface area contributed by atoms with Gasteiger partial charge >= 0.3 is 5.97 Å². The first-order valence-corrected chi connectivity index (χ1v) is 8.99. The Hall–Kier alpha value is -3.74. The number of rotatable bonds is 7. The van der Waals surface area contributed by atoms with Crippen molar-refractivity contribution in [3.63, 3.8) is 0 Å². The fraction of sp³-hybridized carbons (Fsp3) is 0.136. The molecule has 0 radical (unpaired) electrons. The number of nitrogens with one attached hydrogen (secondary N) is 2. The van der Waals surface area contributed by atoms with E-state index in [0.29, 0.717) is 29.2 Å². The number of carbonyl (C=O) groups is 2. The average Bonchev–Trinajstić information content (AvgIpc) is 2.75. The van der Waals surface area contributed by atoms with Gasteiger partial charge in [-0.15, -0.1) is 0 Å². The molecule has 0 bridgehead atoms. The van der Waals surface area contributed by atoms with E-state index in [-0.39, 0.29) is 11.7 Å². The number of amides is 1. The molecular formula is C22H20FN3O3. The normalized spacial score (nSPS) is 10.3. The Morgan fingerprint density at radius 2 is 1.66 bits per heavy atom. The molecule has 1 heterocycles. The van der Waals surface area contributed by atoms with Crippen molar-refractivity contribution >= 4 is 23.4 Å². The minimum absolute atomic E-state index is 0.253. The van der Waals surface area contributed by atoms with Crippen LogP contribution >= 0.6 is 0 Å². The third-order valence-corrected chi connectivity index (χ3v) is 4.22. The summed E-state index contributed by atoms with van der Waals surface area (Å²) in [6.45, 7) is 0.636. The number of ether oxygens (including phenoxy) is 1. The minimum atomic E-state index is -0.436. The van der Waals surface area contributed by atoms with E-state index in [2.05, 4.69) is 20.4 Å².